The van der Waals surface area contributed by atoms with Gasteiger partial charge in [0.2, 0.25) is 12.4 Å². The van der Waals surface area contributed by atoms with Crippen LogP contribution >= 0.6 is 0 Å². The van der Waals surface area contributed by atoms with Crippen molar-refractivity contribution in [3.63, 3.8) is 0 Å². The van der Waals surface area contributed by atoms with E-state index in [1.807, 2.05) is 51.2 Å². The molecule has 0 spiro atoms. The van der Waals surface area contributed by atoms with Gasteiger partial charge in [-0.3, -0.25) is 19.9 Å². The van der Waals surface area contributed by atoms with Gasteiger partial charge in [0.1, 0.15) is 17.5 Å². The number of nitrogens with zero attached hydrogens (tertiary/aromatic N) is 4. The number of pyridine rings is 1. The van der Waals surface area contributed by atoms with Gasteiger partial charge in [-0.2, -0.15) is 0 Å². The zero-order valence-corrected chi connectivity index (χ0v) is 19.3. The van der Waals surface area contributed by atoms with Crippen LogP contribution in [0.3, 0.4) is 0 Å². The maximum Gasteiger partial charge on any atom is 0.213 e. The van der Waals surface area contributed by atoms with Crippen molar-refractivity contribution in [1.29, 1.82) is 0 Å². The number of hydrogen-bond donors (Lipinski definition) is 3. The molecule has 1 aromatic carbocycles. The molecule has 0 bridgehead atoms. The molecular formula is C24H29N7O2. The highest BCUT2D eigenvalue weighted by Gasteiger charge is 2.15. The fraction of sp³-hybridized carbons (Fsp3) is 0.292. The largest absolute Gasteiger partial charge is 0.324 e. The Morgan fingerprint density at radius 2 is 2.03 bits per heavy atom. The average molecular weight is 448 g/mol. The van der Waals surface area contributed by atoms with Crippen LogP contribution < -0.4 is 10.6 Å². The lowest BCUT2D eigenvalue weighted by atomic mass is 10.1. The number of aromatic amines is 1. The molecule has 0 unspecified atom stereocenters. The van der Waals surface area contributed by atoms with E-state index < -0.39 is 0 Å². The van der Waals surface area contributed by atoms with Crippen LogP contribution in [0.15, 0.2) is 49.1 Å². The number of anilines is 1. The minimum Gasteiger partial charge on any atom is -0.324 e. The highest BCUT2D eigenvalue weighted by molar-refractivity contribution is 5.96. The van der Waals surface area contributed by atoms with Crippen LogP contribution in [0.2, 0.25) is 0 Å². The third kappa shape index (κ3) is 5.89. The number of aromatic nitrogens is 5. The fourth-order valence-corrected chi connectivity index (χ4v) is 3.18. The molecule has 33 heavy (non-hydrogen) atoms. The first-order chi connectivity index (χ1) is 16.0. The molecule has 0 saturated heterocycles. The molecule has 4 rings (SSSR count). The summed E-state index contributed by atoms with van der Waals surface area (Å²) in [5.74, 6) is 0.639. The summed E-state index contributed by atoms with van der Waals surface area (Å²) in [6.07, 6.45) is 6.09. The van der Waals surface area contributed by atoms with Crippen LogP contribution in [0.4, 0.5) is 5.95 Å². The zero-order valence-electron chi connectivity index (χ0n) is 19.3. The van der Waals surface area contributed by atoms with Crippen molar-refractivity contribution in [3.05, 3.63) is 54.7 Å². The van der Waals surface area contributed by atoms with E-state index in [1.165, 1.54) is 0 Å². The second-order valence-electron chi connectivity index (χ2n) is 7.85. The van der Waals surface area contributed by atoms with Crippen molar-refractivity contribution in [2.75, 3.05) is 18.9 Å². The molecule has 0 aliphatic carbocycles. The van der Waals surface area contributed by atoms with E-state index >= 15 is 0 Å². The second kappa shape index (κ2) is 11.1. The van der Waals surface area contributed by atoms with Gasteiger partial charge in [-0.1, -0.05) is 26.8 Å². The van der Waals surface area contributed by atoms with E-state index in [9.17, 15) is 9.59 Å². The van der Waals surface area contributed by atoms with Crippen molar-refractivity contribution in [1.82, 2.24) is 29.8 Å². The van der Waals surface area contributed by atoms with Crippen molar-refractivity contribution in [2.45, 2.75) is 27.2 Å². The Labute approximate surface area is 192 Å². The van der Waals surface area contributed by atoms with Gasteiger partial charge >= 0.3 is 0 Å². The lowest BCUT2D eigenvalue weighted by Crippen LogP contribution is -2.03. The molecule has 9 heteroatoms. The van der Waals surface area contributed by atoms with E-state index in [2.05, 4.69) is 37.5 Å². The standard InChI is InChI=1S/C21H20N6O2.C3H9N/c1-13(2)7-19(29)18-10-27(11-23-18)14-8-15(16-5-3-4-6-22-16)20-17(9-14)25-21(26-20)24-12-28;1-3-4-2/h3-6,8-13H,7H2,1-2H3,(H2,24,25,26,28);4H,3H2,1-2H3. The molecule has 172 valence electrons. The first-order valence-corrected chi connectivity index (χ1v) is 10.8. The highest BCUT2D eigenvalue weighted by atomic mass is 16.1. The summed E-state index contributed by atoms with van der Waals surface area (Å²) in [6, 6.07) is 9.47. The molecule has 0 fully saturated rings. The monoisotopic (exact) mass is 447 g/mol. The Kier molecular flexibility index (Phi) is 8.04. The maximum absolute atomic E-state index is 12.3. The van der Waals surface area contributed by atoms with Gasteiger partial charge in [0.05, 0.1) is 11.2 Å². The van der Waals surface area contributed by atoms with E-state index in [-0.39, 0.29) is 11.7 Å². The molecule has 9 nitrogen and oxygen atoms in total. The number of carbonyl (C=O) groups is 2. The summed E-state index contributed by atoms with van der Waals surface area (Å²) < 4.78 is 1.80. The van der Waals surface area contributed by atoms with Crippen molar-refractivity contribution in [3.8, 4) is 16.9 Å². The number of Topliss-reactive ketones (excluding diaryl/α,β-unsaturated/α-hetero) is 1. The Balaban J connectivity index is 0.000000709. The SMILES string of the molecule is CC(C)CC(=O)c1cn(-c2cc(-c3ccccn3)c3nc(NC=O)[nH]c3c2)cn1.CCNC. The predicted octanol–water partition coefficient (Wildman–Crippen LogP) is 3.83. The molecule has 0 atom stereocenters. The van der Waals surface area contributed by atoms with Crippen LogP contribution in [0.5, 0.6) is 0 Å². The molecule has 3 aromatic heterocycles. The summed E-state index contributed by atoms with van der Waals surface area (Å²) in [5, 5.41) is 5.47. The van der Waals surface area contributed by atoms with Crippen LogP contribution in [-0.4, -0.2) is 50.3 Å². The van der Waals surface area contributed by atoms with Gasteiger partial charge in [0, 0.05) is 30.1 Å². The van der Waals surface area contributed by atoms with Crippen LogP contribution in [-0.2, 0) is 4.79 Å². The molecule has 3 heterocycles. The van der Waals surface area contributed by atoms with Gasteiger partial charge in [-0.25, -0.2) is 9.97 Å². The maximum atomic E-state index is 12.3. The van der Waals surface area contributed by atoms with Gasteiger partial charge in [-0.05, 0) is 43.8 Å². The first-order valence-electron chi connectivity index (χ1n) is 10.8. The second-order valence-corrected chi connectivity index (χ2v) is 7.85. The molecule has 0 radical (unpaired) electrons. The van der Waals surface area contributed by atoms with Crippen molar-refractivity contribution < 1.29 is 9.59 Å². The smallest absolute Gasteiger partial charge is 0.213 e. The molecule has 4 aromatic rings. The van der Waals surface area contributed by atoms with Crippen LogP contribution in [0, 0.1) is 5.92 Å². The quantitative estimate of drug-likeness (QED) is 0.279. The Morgan fingerprint density at radius 1 is 1.24 bits per heavy atom. The number of fused-ring (bicyclic) bond motifs is 1. The summed E-state index contributed by atoms with van der Waals surface area (Å²) in [5.41, 5.74) is 4.21. The average Bonchev–Trinajstić information content (AvgIpc) is 3.46. The number of rotatable bonds is 8. The molecule has 0 aliphatic heterocycles. The number of hydrogen-bond acceptors (Lipinski definition) is 6. The number of ketones is 1. The number of nitrogens with one attached hydrogen (secondary N) is 3. The van der Waals surface area contributed by atoms with Crippen molar-refractivity contribution >= 4 is 29.2 Å². The third-order valence-electron chi connectivity index (χ3n) is 4.82. The number of imidazole rings is 2. The summed E-state index contributed by atoms with van der Waals surface area (Å²) in [4.78, 5) is 39.4. The fourth-order valence-electron chi connectivity index (χ4n) is 3.18. The lowest BCUT2D eigenvalue weighted by Gasteiger charge is -2.07. The van der Waals surface area contributed by atoms with Crippen molar-refractivity contribution in [2.24, 2.45) is 5.92 Å². The third-order valence-corrected chi connectivity index (χ3v) is 4.82. The van der Waals surface area contributed by atoms with E-state index in [0.29, 0.717) is 30.0 Å². The Hall–Kier alpha value is -3.85. The molecular weight excluding hydrogens is 418 g/mol. The Morgan fingerprint density at radius 3 is 2.67 bits per heavy atom. The number of amides is 1. The minimum atomic E-state index is 0.0174. The van der Waals surface area contributed by atoms with Gasteiger partial charge in [0.25, 0.3) is 0 Å². The topological polar surface area (TPSA) is 118 Å². The van der Waals surface area contributed by atoms with E-state index in [4.69, 9.17) is 0 Å². The van der Waals surface area contributed by atoms with Gasteiger partial charge in [-0.15, -0.1) is 0 Å². The normalized spacial score (nSPS) is 10.7. The molecule has 3 N–H and O–H groups in total. The van der Waals surface area contributed by atoms with E-state index in [0.717, 1.165) is 29.0 Å². The zero-order chi connectivity index (χ0) is 23.8. The Bertz CT molecular complexity index is 1210. The minimum absolute atomic E-state index is 0.0174. The van der Waals surface area contributed by atoms with Crippen LogP contribution in [0.1, 0.15) is 37.7 Å². The molecule has 0 saturated carbocycles. The summed E-state index contributed by atoms with van der Waals surface area (Å²) in [6.45, 7) is 7.15. The summed E-state index contributed by atoms with van der Waals surface area (Å²) in [7, 11) is 1.93. The molecule has 0 aliphatic rings. The van der Waals surface area contributed by atoms with E-state index in [1.54, 1.807) is 23.3 Å². The molecule has 1 amide bonds. The number of benzene rings is 1. The predicted molar refractivity (Wildman–Crippen MR) is 130 cm³/mol. The summed E-state index contributed by atoms with van der Waals surface area (Å²) >= 11 is 0. The number of H-pyrrole nitrogens is 1. The van der Waals surface area contributed by atoms with Crippen LogP contribution in [0.25, 0.3) is 28.0 Å². The first kappa shape index (κ1) is 23.8. The highest BCUT2D eigenvalue weighted by Crippen LogP contribution is 2.30. The van der Waals surface area contributed by atoms with Gasteiger partial charge in [0.15, 0.2) is 5.78 Å². The lowest BCUT2D eigenvalue weighted by molar-refractivity contribution is -0.105. The number of carbonyl (C=O) groups excluding carboxylic acids is 2. The van der Waals surface area contributed by atoms with Gasteiger partial charge < -0.3 is 14.9 Å².